The fourth-order valence-corrected chi connectivity index (χ4v) is 8.24. The first-order valence-corrected chi connectivity index (χ1v) is 14.6. The number of allylic oxidation sites excluding steroid dienone is 1. The summed E-state index contributed by atoms with van der Waals surface area (Å²) in [6.45, 7) is 8.56. The first kappa shape index (κ1) is 29.8. The van der Waals surface area contributed by atoms with E-state index in [1.54, 1.807) is 25.2 Å². The van der Waals surface area contributed by atoms with E-state index in [2.05, 4.69) is 17.0 Å². The predicted octanol–water partition coefficient (Wildman–Crippen LogP) is 3.70. The van der Waals surface area contributed by atoms with Gasteiger partial charge in [-0.25, -0.2) is 4.90 Å². The highest BCUT2D eigenvalue weighted by Crippen LogP contribution is 2.66. The molecule has 1 N–H and O–H groups in total. The van der Waals surface area contributed by atoms with E-state index >= 15 is 0 Å². The maximum atomic E-state index is 14.1. The van der Waals surface area contributed by atoms with Crippen LogP contribution in [-0.2, 0) is 36.1 Å². The molecule has 1 aromatic rings. The molecule has 3 amide bonds. The number of fused-ring (bicyclic) bond motifs is 5. The van der Waals surface area contributed by atoms with Crippen LogP contribution in [0.25, 0.3) is 0 Å². The fourth-order valence-electron chi connectivity index (χ4n) is 7.00. The highest BCUT2D eigenvalue weighted by atomic mass is 32.2. The minimum Gasteiger partial charge on any atom is -0.365 e. The Kier molecular flexibility index (Phi) is 6.90. The van der Waals surface area contributed by atoms with Gasteiger partial charge in [0.25, 0.3) is 5.91 Å². The van der Waals surface area contributed by atoms with Gasteiger partial charge in [0.1, 0.15) is 11.5 Å². The summed E-state index contributed by atoms with van der Waals surface area (Å²) >= 11 is 0. The van der Waals surface area contributed by atoms with Crippen LogP contribution in [0.4, 0.5) is 18.9 Å². The summed E-state index contributed by atoms with van der Waals surface area (Å²) in [4.78, 5) is 44.9. The second-order valence-electron chi connectivity index (χ2n) is 11.6. The number of alkyl halides is 3. The Morgan fingerprint density at radius 1 is 1.31 bits per heavy atom. The number of carbonyl (C=O) groups excluding carboxylic acids is 3. The van der Waals surface area contributed by atoms with Crippen molar-refractivity contribution in [3.05, 3.63) is 52.5 Å². The smallest absolute Gasteiger partial charge is 0.365 e. The lowest BCUT2D eigenvalue weighted by Crippen LogP contribution is -2.59. The molecule has 0 aromatic heterocycles. The molecule has 2 bridgehead atoms. The van der Waals surface area contributed by atoms with Crippen molar-refractivity contribution < 1.29 is 36.5 Å². The largest absolute Gasteiger partial charge is 0.417 e. The van der Waals surface area contributed by atoms with Crippen LogP contribution in [-0.4, -0.2) is 56.7 Å². The molecule has 222 valence electrons. The predicted molar refractivity (Wildman–Crippen MR) is 148 cm³/mol. The van der Waals surface area contributed by atoms with E-state index in [4.69, 9.17) is 10.00 Å². The van der Waals surface area contributed by atoms with Crippen LogP contribution in [0.15, 0.2) is 46.3 Å². The van der Waals surface area contributed by atoms with Gasteiger partial charge in [0.2, 0.25) is 11.8 Å². The number of benzene rings is 1. The van der Waals surface area contributed by atoms with Crippen LogP contribution in [0, 0.1) is 17.2 Å². The lowest BCUT2D eigenvalue weighted by atomic mass is 9.62. The molecule has 3 aliphatic heterocycles. The third-order valence-corrected chi connectivity index (χ3v) is 10.3. The first-order valence-electron chi connectivity index (χ1n) is 13.3. The summed E-state index contributed by atoms with van der Waals surface area (Å²) < 4.78 is 60.9. The van der Waals surface area contributed by atoms with Crippen LogP contribution < -0.4 is 10.2 Å². The van der Waals surface area contributed by atoms with Gasteiger partial charge in [0, 0.05) is 17.6 Å². The van der Waals surface area contributed by atoms with Crippen molar-refractivity contribution in [1.82, 2.24) is 5.32 Å². The van der Waals surface area contributed by atoms with E-state index in [9.17, 15) is 31.8 Å². The number of ether oxygens (including phenoxy) is 1. The summed E-state index contributed by atoms with van der Waals surface area (Å²) in [6.07, 6.45) is 1.53. The zero-order chi connectivity index (χ0) is 30.9. The highest BCUT2D eigenvalue weighted by molar-refractivity contribution is 7.89. The van der Waals surface area contributed by atoms with E-state index in [1.807, 2.05) is 6.92 Å². The molecule has 9 nitrogen and oxygen atoms in total. The lowest BCUT2D eigenvalue weighted by molar-refractivity contribution is -0.138. The topological polar surface area (TPSA) is 129 Å². The molecule has 4 unspecified atom stereocenters. The normalized spacial score (nSPS) is 34.2. The number of nitrogens with zero attached hydrogens (tertiary/aromatic N) is 3. The molecule has 13 heteroatoms. The summed E-state index contributed by atoms with van der Waals surface area (Å²) in [6, 6.07) is 4.17. The summed E-state index contributed by atoms with van der Waals surface area (Å²) in [5.41, 5.74) is -7.16. The Morgan fingerprint density at radius 3 is 2.60 bits per heavy atom. The number of hydrogen-bond acceptors (Lipinski definition) is 7. The van der Waals surface area contributed by atoms with Crippen LogP contribution >= 0.6 is 0 Å². The number of hydrogen-bond donors (Lipinski definition) is 1. The van der Waals surface area contributed by atoms with Crippen LogP contribution in [0.5, 0.6) is 0 Å². The zero-order valence-corrected chi connectivity index (χ0v) is 24.0. The lowest BCUT2D eigenvalue weighted by Gasteiger charge is -2.39. The monoisotopic (exact) mass is 602 g/mol. The van der Waals surface area contributed by atoms with Gasteiger partial charge in [0.05, 0.1) is 44.8 Å². The number of nitrogens with one attached hydrogen (secondary N) is 1. The van der Waals surface area contributed by atoms with Crippen molar-refractivity contribution in [1.29, 1.82) is 5.26 Å². The first-order chi connectivity index (χ1) is 19.6. The molecule has 0 spiro atoms. The van der Waals surface area contributed by atoms with Gasteiger partial charge in [0.15, 0.2) is 5.54 Å². The molecule has 1 aromatic carbocycles. The van der Waals surface area contributed by atoms with Crippen molar-refractivity contribution in [3.63, 3.8) is 0 Å². The second kappa shape index (κ2) is 9.70. The van der Waals surface area contributed by atoms with Gasteiger partial charge < -0.3 is 10.1 Å². The molecule has 6 atom stereocenters. The maximum Gasteiger partial charge on any atom is 0.417 e. The molecule has 42 heavy (non-hydrogen) atoms. The van der Waals surface area contributed by atoms with E-state index < -0.39 is 68.1 Å². The van der Waals surface area contributed by atoms with Crippen molar-refractivity contribution >= 4 is 40.9 Å². The minimum atomic E-state index is -4.89. The van der Waals surface area contributed by atoms with Gasteiger partial charge in [-0.2, -0.15) is 18.4 Å². The van der Waals surface area contributed by atoms with E-state index in [0.717, 1.165) is 12.1 Å². The average molecular weight is 603 g/mol. The van der Waals surface area contributed by atoms with Crippen molar-refractivity contribution in [2.45, 2.75) is 74.9 Å². The van der Waals surface area contributed by atoms with E-state index in [1.165, 1.54) is 13.0 Å². The Morgan fingerprint density at radius 2 is 2.02 bits per heavy atom. The van der Waals surface area contributed by atoms with Crippen molar-refractivity contribution in [2.75, 3.05) is 10.7 Å². The molecule has 0 saturated carbocycles. The van der Waals surface area contributed by atoms with Crippen molar-refractivity contribution in [2.24, 2.45) is 10.9 Å². The Labute approximate surface area is 242 Å². The standard InChI is InChI=1S/C29H29F3N4O5S/c1-17(37)35-25(2)9-7-20(8-10-25)42(40)14-13-27-12-11-26(3,41-27)22-23(38)36(24(39)28(22,27)34-4)19-6-5-18(16-33)21(15-19)29(30,31)32/h5-9,15,22H,4,10-14H2,1-3H3,(H,35,37)/t22-,25?,26?,27?,28-,42?/m0/s1. The molecular weight excluding hydrogens is 573 g/mol. The SMILES string of the molecule is C=N[C@]12C(=O)N(c3ccc(C#N)c(C(F)(F)F)c3)C(=O)[C@H]1C1(C)CCC2(CCS(=O)C2=CCC(C)(NC(C)=O)C=C2)O1. The molecule has 0 radical (unpaired) electrons. The third kappa shape index (κ3) is 4.26. The minimum absolute atomic E-state index is 0.0592. The fraction of sp³-hybridized carbons (Fsp3) is 0.483. The molecule has 3 heterocycles. The molecule has 4 aliphatic rings. The summed E-state index contributed by atoms with van der Waals surface area (Å²) in [5, 5.41) is 12.0. The Hall–Kier alpha value is -3.63. The van der Waals surface area contributed by atoms with Gasteiger partial charge in [-0.1, -0.05) is 12.2 Å². The molecular formula is C29H29F3N4O5S. The Balaban J connectivity index is 1.45. The Bertz CT molecular complexity index is 1550. The number of amides is 3. The van der Waals surface area contributed by atoms with Gasteiger partial charge in [-0.15, -0.1) is 0 Å². The maximum absolute atomic E-state index is 14.1. The molecule has 1 aliphatic carbocycles. The second-order valence-corrected chi connectivity index (χ2v) is 13.2. The molecule has 3 fully saturated rings. The summed E-state index contributed by atoms with van der Waals surface area (Å²) in [5.74, 6) is -2.90. The highest BCUT2D eigenvalue weighted by Gasteiger charge is 2.82. The number of anilines is 1. The average Bonchev–Trinajstić information content (AvgIpc) is 3.47. The number of carbonyl (C=O) groups is 3. The molecule has 3 saturated heterocycles. The number of imide groups is 1. The number of halogens is 3. The van der Waals surface area contributed by atoms with Gasteiger partial charge in [-0.3, -0.25) is 23.6 Å². The van der Waals surface area contributed by atoms with Gasteiger partial charge >= 0.3 is 6.18 Å². The van der Waals surface area contributed by atoms with Crippen LogP contribution in [0.1, 0.15) is 57.6 Å². The van der Waals surface area contributed by atoms with Crippen molar-refractivity contribution in [3.8, 4) is 6.07 Å². The zero-order valence-electron chi connectivity index (χ0n) is 23.2. The third-order valence-electron chi connectivity index (χ3n) is 8.87. The number of aliphatic imine (C=N–C) groups is 1. The van der Waals surface area contributed by atoms with Gasteiger partial charge in [-0.05, 0) is 70.5 Å². The quantitative estimate of drug-likeness (QED) is 0.374. The summed E-state index contributed by atoms with van der Waals surface area (Å²) in [7, 11) is -1.53. The molecule has 5 rings (SSSR count). The van der Waals surface area contributed by atoms with E-state index in [-0.39, 0.29) is 23.8 Å². The number of rotatable bonds is 7. The van der Waals surface area contributed by atoms with E-state index in [0.29, 0.717) is 35.1 Å². The van der Waals surface area contributed by atoms with Crippen LogP contribution in [0.3, 0.4) is 0 Å². The van der Waals surface area contributed by atoms with Crippen LogP contribution in [0.2, 0.25) is 0 Å². The number of nitriles is 1.